The number of ether oxygens (including phenoxy) is 2. The molecule has 1 aliphatic heterocycles. The number of amidine groups is 1. The fraction of sp³-hybridized carbons (Fsp3) is 0.333. The van der Waals surface area contributed by atoms with Crippen molar-refractivity contribution in [1.29, 1.82) is 0 Å². The van der Waals surface area contributed by atoms with Crippen LogP contribution in [-0.4, -0.2) is 63.7 Å². The summed E-state index contributed by atoms with van der Waals surface area (Å²) in [5, 5.41) is 1.26. The number of nitrogens with zero attached hydrogens (tertiary/aromatic N) is 3. The molecule has 8 heteroatoms. The van der Waals surface area contributed by atoms with Gasteiger partial charge in [-0.25, -0.2) is 4.99 Å². The molecule has 1 aromatic carbocycles. The van der Waals surface area contributed by atoms with E-state index in [1.807, 2.05) is 48.6 Å². The number of anilines is 1. The average molecular weight is 510 g/mol. The van der Waals surface area contributed by atoms with Gasteiger partial charge >= 0.3 is 0 Å². The highest BCUT2D eigenvalue weighted by Crippen LogP contribution is 2.39. The number of thiophene rings is 2. The number of hydrogen-bond acceptors (Lipinski definition) is 7. The molecule has 1 aliphatic rings. The van der Waals surface area contributed by atoms with Crippen molar-refractivity contribution in [1.82, 2.24) is 4.90 Å². The summed E-state index contributed by atoms with van der Waals surface area (Å²) < 4.78 is 13.2. The van der Waals surface area contributed by atoms with Gasteiger partial charge in [0.05, 0.1) is 24.8 Å². The molecule has 1 amide bonds. The first-order valence-corrected chi connectivity index (χ1v) is 13.4. The molecular formula is C27H31N3O3S2. The predicted octanol–water partition coefficient (Wildman–Crippen LogP) is 5.77. The quantitative estimate of drug-likeness (QED) is 0.230. The van der Waals surface area contributed by atoms with Crippen LogP contribution in [0.3, 0.4) is 0 Å². The zero-order valence-electron chi connectivity index (χ0n) is 20.4. The number of likely N-dealkylation sites (N-methyl/N-ethyl adjacent to an activating group) is 1. The SMILES string of the molecule is CCCN(CCOCCOC)c1cc2sc(/C=C3N=C(/C=C/c4ccccc4)N(C)C\3=O)cc2s1. The van der Waals surface area contributed by atoms with Crippen LogP contribution >= 0.6 is 22.7 Å². The number of amides is 1. The van der Waals surface area contributed by atoms with Gasteiger partial charge in [-0.1, -0.05) is 43.3 Å². The second-order valence-corrected chi connectivity index (χ2v) is 10.3. The first kappa shape index (κ1) is 25.3. The van der Waals surface area contributed by atoms with Gasteiger partial charge in [-0.15, -0.1) is 22.7 Å². The van der Waals surface area contributed by atoms with E-state index >= 15 is 0 Å². The molecule has 0 radical (unpaired) electrons. The van der Waals surface area contributed by atoms with E-state index in [9.17, 15) is 4.79 Å². The topological polar surface area (TPSA) is 54.4 Å². The zero-order valence-corrected chi connectivity index (χ0v) is 22.0. The Balaban J connectivity index is 1.46. The summed E-state index contributed by atoms with van der Waals surface area (Å²) in [6.07, 6.45) is 6.83. The second kappa shape index (κ2) is 12.3. The standard InChI is InChI=1S/C27H31N3O3S2/c1-4-12-30(13-14-33-16-15-32-3)26-19-24-23(35-26)18-21(34-24)17-22-27(31)29(2)25(28-22)11-10-20-8-6-5-7-9-20/h5-11,17-19H,4,12-16H2,1-3H3/b11-10+,22-17-. The van der Waals surface area contributed by atoms with Crippen molar-refractivity contribution in [2.24, 2.45) is 4.99 Å². The normalized spacial score (nSPS) is 15.2. The molecule has 2 aromatic heterocycles. The van der Waals surface area contributed by atoms with Gasteiger partial charge in [0, 0.05) is 41.5 Å². The molecule has 3 heterocycles. The molecule has 3 aromatic rings. The molecule has 0 fully saturated rings. The van der Waals surface area contributed by atoms with E-state index < -0.39 is 0 Å². The highest BCUT2D eigenvalue weighted by atomic mass is 32.1. The van der Waals surface area contributed by atoms with E-state index in [-0.39, 0.29) is 5.91 Å². The Morgan fingerprint density at radius 3 is 2.57 bits per heavy atom. The monoisotopic (exact) mass is 509 g/mol. The average Bonchev–Trinajstić information content (AvgIpc) is 3.51. The summed E-state index contributed by atoms with van der Waals surface area (Å²) >= 11 is 3.48. The van der Waals surface area contributed by atoms with Crippen LogP contribution in [-0.2, 0) is 14.3 Å². The Labute approximate surface area is 214 Å². The molecule has 0 N–H and O–H groups in total. The largest absolute Gasteiger partial charge is 0.382 e. The molecule has 35 heavy (non-hydrogen) atoms. The van der Waals surface area contributed by atoms with Crippen LogP contribution in [0.25, 0.3) is 21.6 Å². The summed E-state index contributed by atoms with van der Waals surface area (Å²) in [4.78, 5) is 22.4. The lowest BCUT2D eigenvalue weighted by molar-refractivity contribution is -0.121. The Morgan fingerprint density at radius 1 is 1.03 bits per heavy atom. The van der Waals surface area contributed by atoms with Gasteiger partial charge in [-0.3, -0.25) is 9.69 Å². The van der Waals surface area contributed by atoms with Crippen molar-refractivity contribution >= 4 is 61.0 Å². The Kier molecular flexibility index (Phi) is 8.87. The number of methoxy groups -OCH3 is 1. The fourth-order valence-corrected chi connectivity index (χ4v) is 6.11. The lowest BCUT2D eigenvalue weighted by Gasteiger charge is -2.22. The van der Waals surface area contributed by atoms with E-state index in [0.29, 0.717) is 31.4 Å². The Bertz CT molecular complexity index is 1200. The highest BCUT2D eigenvalue weighted by Gasteiger charge is 2.25. The van der Waals surface area contributed by atoms with Crippen LogP contribution in [0, 0.1) is 0 Å². The zero-order chi connectivity index (χ0) is 24.6. The molecule has 0 unspecified atom stereocenters. The lowest BCUT2D eigenvalue weighted by Crippen LogP contribution is -2.27. The van der Waals surface area contributed by atoms with Crippen LogP contribution in [0.15, 0.2) is 59.2 Å². The summed E-state index contributed by atoms with van der Waals surface area (Å²) in [7, 11) is 3.45. The van der Waals surface area contributed by atoms with Crippen LogP contribution in [0.1, 0.15) is 23.8 Å². The summed E-state index contributed by atoms with van der Waals surface area (Å²) in [5.74, 6) is 0.562. The van der Waals surface area contributed by atoms with E-state index in [1.165, 1.54) is 14.4 Å². The van der Waals surface area contributed by atoms with Crippen molar-refractivity contribution in [2.75, 3.05) is 52.0 Å². The third-order valence-electron chi connectivity index (χ3n) is 5.56. The molecule has 0 bridgehead atoms. The van der Waals surface area contributed by atoms with E-state index in [2.05, 4.69) is 28.9 Å². The first-order chi connectivity index (χ1) is 17.1. The maximum atomic E-state index is 12.8. The number of hydrogen-bond donors (Lipinski definition) is 0. The molecule has 0 saturated heterocycles. The van der Waals surface area contributed by atoms with Gasteiger partial charge in [0.2, 0.25) is 0 Å². The van der Waals surface area contributed by atoms with Crippen molar-refractivity contribution in [3.63, 3.8) is 0 Å². The second-order valence-electron chi connectivity index (χ2n) is 8.16. The summed E-state index contributed by atoms with van der Waals surface area (Å²) in [6.45, 7) is 5.96. The number of aliphatic imine (C=N–C) groups is 1. The number of carbonyl (C=O) groups is 1. The smallest absolute Gasteiger partial charge is 0.277 e. The van der Waals surface area contributed by atoms with Crippen LogP contribution in [0.4, 0.5) is 5.00 Å². The van der Waals surface area contributed by atoms with Crippen molar-refractivity contribution in [2.45, 2.75) is 13.3 Å². The van der Waals surface area contributed by atoms with E-state index in [4.69, 9.17) is 9.47 Å². The van der Waals surface area contributed by atoms with Gasteiger partial charge in [0.1, 0.15) is 11.5 Å². The third kappa shape index (κ3) is 6.46. The Hall–Kier alpha value is -2.78. The number of rotatable bonds is 12. The van der Waals surface area contributed by atoms with Crippen molar-refractivity contribution < 1.29 is 14.3 Å². The van der Waals surface area contributed by atoms with Crippen molar-refractivity contribution in [3.05, 3.63) is 64.7 Å². The van der Waals surface area contributed by atoms with Gasteiger partial charge in [0.15, 0.2) is 0 Å². The van der Waals surface area contributed by atoms with Crippen LogP contribution in [0.2, 0.25) is 0 Å². The van der Waals surface area contributed by atoms with Gasteiger partial charge in [0.25, 0.3) is 5.91 Å². The van der Waals surface area contributed by atoms with Crippen molar-refractivity contribution in [3.8, 4) is 0 Å². The maximum Gasteiger partial charge on any atom is 0.277 e. The molecule has 4 rings (SSSR count). The lowest BCUT2D eigenvalue weighted by atomic mass is 10.2. The maximum absolute atomic E-state index is 12.8. The molecule has 0 aliphatic carbocycles. The number of benzene rings is 1. The minimum atomic E-state index is -0.0854. The van der Waals surface area contributed by atoms with Crippen LogP contribution < -0.4 is 4.90 Å². The molecule has 184 valence electrons. The summed E-state index contributed by atoms with van der Waals surface area (Å²) in [6, 6.07) is 14.4. The summed E-state index contributed by atoms with van der Waals surface area (Å²) in [5.41, 5.74) is 1.54. The molecule has 0 saturated carbocycles. The number of carbonyl (C=O) groups excluding carboxylic acids is 1. The highest BCUT2D eigenvalue weighted by molar-refractivity contribution is 7.30. The number of fused-ring (bicyclic) bond motifs is 1. The predicted molar refractivity (Wildman–Crippen MR) is 149 cm³/mol. The molecule has 0 spiro atoms. The third-order valence-corrected chi connectivity index (χ3v) is 7.86. The van der Waals surface area contributed by atoms with Crippen LogP contribution in [0.5, 0.6) is 0 Å². The van der Waals surface area contributed by atoms with Gasteiger partial charge in [-0.2, -0.15) is 0 Å². The minimum absolute atomic E-state index is 0.0854. The van der Waals surface area contributed by atoms with Gasteiger partial charge in [-0.05, 0) is 36.3 Å². The molecular weight excluding hydrogens is 478 g/mol. The van der Waals surface area contributed by atoms with E-state index in [0.717, 1.165) is 30.0 Å². The van der Waals surface area contributed by atoms with E-state index in [1.54, 1.807) is 41.7 Å². The Morgan fingerprint density at radius 2 is 1.83 bits per heavy atom. The fourth-order valence-electron chi connectivity index (χ4n) is 3.72. The van der Waals surface area contributed by atoms with Gasteiger partial charge < -0.3 is 14.4 Å². The first-order valence-electron chi connectivity index (χ1n) is 11.8. The molecule has 6 nitrogen and oxygen atoms in total. The minimum Gasteiger partial charge on any atom is -0.382 e. The molecule has 0 atom stereocenters.